The van der Waals surface area contributed by atoms with E-state index in [-0.39, 0.29) is 11.4 Å². The highest BCUT2D eigenvalue weighted by atomic mass is 16.6. The Hall–Kier alpha value is -4.73. The van der Waals surface area contributed by atoms with Gasteiger partial charge in [-0.2, -0.15) is 0 Å². The zero-order valence-electron chi connectivity index (χ0n) is 19.4. The number of imide groups is 1. The summed E-state index contributed by atoms with van der Waals surface area (Å²) in [5.41, 5.74) is 4.39. The van der Waals surface area contributed by atoms with E-state index in [9.17, 15) is 24.5 Å². The maximum atomic E-state index is 12.9. The molecule has 1 aliphatic rings. The molecule has 10 nitrogen and oxygen atoms in total. The number of carbonyl (C=O) groups is 3. The number of carbonyl (C=O) groups excluding carboxylic acids is 3. The second kappa shape index (κ2) is 9.26. The number of urea groups is 1. The van der Waals surface area contributed by atoms with Crippen LogP contribution in [0.25, 0.3) is 11.8 Å². The number of nitro groups is 1. The quantitative estimate of drug-likeness (QED) is 0.243. The van der Waals surface area contributed by atoms with Gasteiger partial charge in [0.2, 0.25) is 5.91 Å². The largest absolute Gasteiger partial charge is 0.329 e. The summed E-state index contributed by atoms with van der Waals surface area (Å²) in [4.78, 5) is 49.2. The zero-order valence-corrected chi connectivity index (χ0v) is 19.4. The van der Waals surface area contributed by atoms with Crippen LogP contribution in [-0.2, 0) is 9.59 Å². The predicted molar refractivity (Wildman–Crippen MR) is 130 cm³/mol. The van der Waals surface area contributed by atoms with Gasteiger partial charge in [0.15, 0.2) is 0 Å². The first kappa shape index (κ1) is 23.4. The third kappa shape index (κ3) is 4.81. The number of aromatic nitrogens is 1. The lowest BCUT2D eigenvalue weighted by molar-refractivity contribution is -0.384. The molecule has 1 aromatic heterocycles. The van der Waals surface area contributed by atoms with Gasteiger partial charge in [-0.25, -0.2) is 9.69 Å². The molecule has 0 saturated carbocycles. The van der Waals surface area contributed by atoms with Crippen LogP contribution in [-0.4, -0.2) is 38.8 Å². The van der Waals surface area contributed by atoms with Crippen molar-refractivity contribution in [3.05, 3.63) is 92.9 Å². The summed E-state index contributed by atoms with van der Waals surface area (Å²) >= 11 is 0. The molecule has 0 atom stereocenters. The third-order valence-electron chi connectivity index (χ3n) is 5.67. The van der Waals surface area contributed by atoms with Gasteiger partial charge < -0.3 is 15.2 Å². The number of nitrogens with one attached hydrogen (secondary N) is 2. The summed E-state index contributed by atoms with van der Waals surface area (Å²) in [6, 6.07) is 14.5. The van der Waals surface area contributed by atoms with E-state index in [1.165, 1.54) is 18.2 Å². The van der Waals surface area contributed by atoms with Gasteiger partial charge in [-0.3, -0.25) is 19.7 Å². The van der Waals surface area contributed by atoms with Crippen LogP contribution in [0.5, 0.6) is 0 Å². The summed E-state index contributed by atoms with van der Waals surface area (Å²) in [6.07, 6.45) is 1.54. The molecule has 0 radical (unpaired) electrons. The van der Waals surface area contributed by atoms with Crippen LogP contribution in [0.2, 0.25) is 0 Å². The first-order chi connectivity index (χ1) is 16.6. The number of hydrogen-bond donors (Lipinski definition) is 2. The summed E-state index contributed by atoms with van der Waals surface area (Å²) in [5, 5.41) is 16.3. The minimum Gasteiger partial charge on any atom is -0.325 e. The van der Waals surface area contributed by atoms with Gasteiger partial charge in [0.25, 0.3) is 11.6 Å². The monoisotopic (exact) mass is 473 g/mol. The average Bonchev–Trinajstić information content (AvgIpc) is 3.24. The molecule has 2 aromatic carbocycles. The highest BCUT2D eigenvalue weighted by molar-refractivity contribution is 6.16. The summed E-state index contributed by atoms with van der Waals surface area (Å²) in [7, 11) is 0. The lowest BCUT2D eigenvalue weighted by Gasteiger charge is -2.12. The molecule has 35 heavy (non-hydrogen) atoms. The first-order valence-corrected chi connectivity index (χ1v) is 10.8. The van der Waals surface area contributed by atoms with Gasteiger partial charge in [0.05, 0.1) is 10.6 Å². The van der Waals surface area contributed by atoms with Gasteiger partial charge in [-0.05, 0) is 56.7 Å². The second-order valence-corrected chi connectivity index (χ2v) is 8.23. The Balaban J connectivity index is 1.54. The number of nitrogens with zero attached hydrogens (tertiary/aromatic N) is 3. The maximum Gasteiger partial charge on any atom is 0.329 e. The minimum absolute atomic E-state index is 0.0345. The highest BCUT2D eigenvalue weighted by Crippen LogP contribution is 2.26. The predicted octanol–water partition coefficient (Wildman–Crippen LogP) is 3.84. The van der Waals surface area contributed by atoms with Crippen LogP contribution in [0, 0.1) is 30.9 Å². The van der Waals surface area contributed by atoms with Crippen molar-refractivity contribution in [2.45, 2.75) is 20.8 Å². The van der Waals surface area contributed by atoms with E-state index < -0.39 is 29.3 Å². The molecule has 178 valence electrons. The van der Waals surface area contributed by atoms with Crippen LogP contribution in [0.1, 0.15) is 22.5 Å². The molecular formula is C25H23N5O5. The number of non-ortho nitro benzene ring substituents is 1. The molecule has 0 spiro atoms. The molecule has 1 fully saturated rings. The van der Waals surface area contributed by atoms with Crippen LogP contribution in [0.4, 0.5) is 16.2 Å². The molecule has 0 unspecified atom stereocenters. The summed E-state index contributed by atoms with van der Waals surface area (Å²) in [6.45, 7) is 5.15. The molecule has 2 heterocycles. The Morgan fingerprint density at radius 2 is 1.80 bits per heavy atom. The lowest BCUT2D eigenvalue weighted by atomic mass is 10.2. The average molecular weight is 473 g/mol. The second-order valence-electron chi connectivity index (χ2n) is 8.23. The molecule has 1 saturated heterocycles. The van der Waals surface area contributed by atoms with Crippen molar-refractivity contribution in [3.8, 4) is 5.69 Å². The van der Waals surface area contributed by atoms with Crippen molar-refractivity contribution in [1.29, 1.82) is 0 Å². The van der Waals surface area contributed by atoms with Crippen LogP contribution >= 0.6 is 0 Å². The normalized spacial score (nSPS) is 14.4. The van der Waals surface area contributed by atoms with Gasteiger partial charge >= 0.3 is 6.03 Å². The van der Waals surface area contributed by atoms with E-state index in [2.05, 4.69) is 10.6 Å². The van der Waals surface area contributed by atoms with E-state index in [1.54, 1.807) is 24.3 Å². The summed E-state index contributed by atoms with van der Waals surface area (Å²) < 4.78 is 1.83. The van der Waals surface area contributed by atoms with Crippen LogP contribution in [0.15, 0.2) is 60.3 Å². The van der Waals surface area contributed by atoms with Gasteiger partial charge in [-0.1, -0.05) is 23.8 Å². The zero-order chi connectivity index (χ0) is 25.3. The van der Waals surface area contributed by atoms with Gasteiger partial charge in [0, 0.05) is 29.2 Å². The van der Waals surface area contributed by atoms with Crippen molar-refractivity contribution in [3.63, 3.8) is 0 Å². The Labute approximate surface area is 201 Å². The van der Waals surface area contributed by atoms with Crippen molar-refractivity contribution in [1.82, 2.24) is 14.8 Å². The van der Waals surface area contributed by atoms with Crippen molar-refractivity contribution in [2.75, 3.05) is 11.9 Å². The van der Waals surface area contributed by atoms with Crippen molar-refractivity contribution >= 4 is 35.3 Å². The number of nitro benzene ring substituents is 1. The standard InChI is InChI=1S/C25H23N5O5/c1-15-7-9-19(10-8-15)26-23(31)14-28-24(32)22(27-25(28)33)12-18-11-16(2)29(17(18)3)20-5-4-6-21(13-20)30(34)35/h4-13H,14H2,1-3H3,(H,26,31)(H,27,33)/b22-12+. The topological polar surface area (TPSA) is 127 Å². The molecule has 0 aliphatic carbocycles. The Kier molecular flexibility index (Phi) is 6.20. The molecule has 2 N–H and O–H groups in total. The van der Waals surface area contributed by atoms with E-state index in [4.69, 9.17) is 0 Å². The molecular weight excluding hydrogens is 450 g/mol. The number of benzene rings is 2. The smallest absolute Gasteiger partial charge is 0.325 e. The fourth-order valence-corrected chi connectivity index (χ4v) is 3.93. The van der Waals surface area contributed by atoms with Crippen molar-refractivity contribution in [2.24, 2.45) is 0 Å². The number of rotatable bonds is 6. The Morgan fingerprint density at radius 1 is 1.09 bits per heavy atom. The number of anilines is 1. The molecule has 0 bridgehead atoms. The highest BCUT2D eigenvalue weighted by Gasteiger charge is 2.35. The molecule has 3 aromatic rings. The number of amides is 4. The molecule has 4 rings (SSSR count). The lowest BCUT2D eigenvalue weighted by Crippen LogP contribution is -2.38. The Bertz CT molecular complexity index is 1390. The minimum atomic E-state index is -0.687. The van der Waals surface area contributed by atoms with Crippen molar-refractivity contribution < 1.29 is 19.3 Å². The molecule has 10 heteroatoms. The van der Waals surface area contributed by atoms with Crippen LogP contribution in [0.3, 0.4) is 0 Å². The van der Waals surface area contributed by atoms with Gasteiger partial charge in [0.1, 0.15) is 12.2 Å². The fourth-order valence-electron chi connectivity index (χ4n) is 3.93. The van der Waals surface area contributed by atoms with E-state index in [1.807, 2.05) is 43.5 Å². The maximum absolute atomic E-state index is 12.9. The Morgan fingerprint density at radius 3 is 2.49 bits per heavy atom. The van der Waals surface area contributed by atoms with E-state index in [0.717, 1.165) is 21.9 Å². The number of hydrogen-bond acceptors (Lipinski definition) is 5. The van der Waals surface area contributed by atoms with E-state index >= 15 is 0 Å². The molecule has 4 amide bonds. The molecule has 1 aliphatic heterocycles. The SMILES string of the molecule is Cc1ccc(NC(=O)CN2C(=O)N/C(=C/c3cc(C)n(-c4cccc([N+](=O)[O-])c4)c3C)C2=O)cc1. The van der Waals surface area contributed by atoms with Crippen LogP contribution < -0.4 is 10.6 Å². The first-order valence-electron chi connectivity index (χ1n) is 10.8. The third-order valence-corrected chi connectivity index (χ3v) is 5.67. The van der Waals surface area contributed by atoms with E-state index in [0.29, 0.717) is 16.9 Å². The van der Waals surface area contributed by atoms with Gasteiger partial charge in [-0.15, -0.1) is 0 Å². The number of aryl methyl sites for hydroxylation is 2. The fraction of sp³-hybridized carbons (Fsp3) is 0.160. The summed E-state index contributed by atoms with van der Waals surface area (Å²) in [5.74, 6) is -1.11.